The Balaban J connectivity index is 2.15. The average molecular weight is 320 g/mol. The fraction of sp³-hybridized carbons (Fsp3) is 0.133. The van der Waals surface area contributed by atoms with Crippen molar-refractivity contribution < 1.29 is 17.9 Å². The number of carbonyl (C=O) groups excluding carboxylic acids is 1. The first-order valence-electron chi connectivity index (χ1n) is 6.45. The van der Waals surface area contributed by atoms with Crippen LogP contribution >= 0.6 is 0 Å². The lowest BCUT2D eigenvalue weighted by molar-refractivity contribution is -0.117. The maximum Gasteiger partial charge on any atom is 0.261 e. The summed E-state index contributed by atoms with van der Waals surface area (Å²) in [5.41, 5.74) is 6.23. The molecule has 0 aliphatic carbocycles. The molecule has 1 amide bonds. The highest BCUT2D eigenvalue weighted by Crippen LogP contribution is 2.19. The molecule has 0 unspecified atom stereocenters. The molecule has 116 valence electrons. The van der Waals surface area contributed by atoms with Crippen molar-refractivity contribution in [3.05, 3.63) is 54.1 Å². The zero-order valence-corrected chi connectivity index (χ0v) is 12.8. The van der Waals surface area contributed by atoms with E-state index < -0.39 is 15.9 Å². The van der Waals surface area contributed by atoms with Crippen LogP contribution in [0.3, 0.4) is 0 Å². The number of methoxy groups -OCH3 is 1. The van der Waals surface area contributed by atoms with Crippen molar-refractivity contribution in [2.24, 2.45) is 5.73 Å². The van der Waals surface area contributed by atoms with Crippen molar-refractivity contribution >= 4 is 21.6 Å². The van der Waals surface area contributed by atoms with E-state index in [9.17, 15) is 13.2 Å². The Labute approximate surface area is 129 Å². The SMILES string of the molecule is COc1ccc(S(=O)(=O)Nc2ccc(CC(N)=O)cc2)cc1. The van der Waals surface area contributed by atoms with Gasteiger partial charge in [-0.25, -0.2) is 8.42 Å². The highest BCUT2D eigenvalue weighted by Gasteiger charge is 2.14. The van der Waals surface area contributed by atoms with Crippen LogP contribution in [0.15, 0.2) is 53.4 Å². The van der Waals surface area contributed by atoms with Crippen molar-refractivity contribution in [3.8, 4) is 5.75 Å². The van der Waals surface area contributed by atoms with Gasteiger partial charge in [0.05, 0.1) is 18.4 Å². The minimum Gasteiger partial charge on any atom is -0.497 e. The number of sulfonamides is 1. The Morgan fingerprint density at radius 3 is 2.18 bits per heavy atom. The zero-order chi connectivity index (χ0) is 16.2. The van der Waals surface area contributed by atoms with Gasteiger partial charge >= 0.3 is 0 Å². The summed E-state index contributed by atoms with van der Waals surface area (Å²) in [6.45, 7) is 0. The number of hydrogen-bond donors (Lipinski definition) is 2. The second-order valence-corrected chi connectivity index (χ2v) is 6.30. The molecular weight excluding hydrogens is 304 g/mol. The van der Waals surface area contributed by atoms with Gasteiger partial charge in [-0.15, -0.1) is 0 Å². The van der Waals surface area contributed by atoms with Gasteiger partial charge < -0.3 is 10.5 Å². The third-order valence-electron chi connectivity index (χ3n) is 2.95. The number of hydrogen-bond acceptors (Lipinski definition) is 4. The van der Waals surface area contributed by atoms with E-state index in [1.807, 2.05) is 0 Å². The number of amides is 1. The smallest absolute Gasteiger partial charge is 0.261 e. The standard InChI is InChI=1S/C15H16N2O4S/c1-21-13-6-8-14(9-7-13)22(19,20)17-12-4-2-11(3-5-12)10-15(16)18/h2-9,17H,10H2,1H3,(H2,16,18). The highest BCUT2D eigenvalue weighted by molar-refractivity contribution is 7.92. The summed E-state index contributed by atoms with van der Waals surface area (Å²) in [6.07, 6.45) is 0.117. The lowest BCUT2D eigenvalue weighted by Crippen LogP contribution is -2.14. The predicted molar refractivity (Wildman–Crippen MR) is 83.1 cm³/mol. The van der Waals surface area contributed by atoms with Crippen molar-refractivity contribution in [2.75, 3.05) is 11.8 Å². The van der Waals surface area contributed by atoms with Gasteiger partial charge in [-0.1, -0.05) is 12.1 Å². The Hall–Kier alpha value is -2.54. The third kappa shape index (κ3) is 3.98. The van der Waals surface area contributed by atoms with Gasteiger partial charge in [0.1, 0.15) is 5.75 Å². The molecule has 3 N–H and O–H groups in total. The van der Waals surface area contributed by atoms with Crippen molar-refractivity contribution in [1.82, 2.24) is 0 Å². The summed E-state index contributed by atoms with van der Waals surface area (Å²) in [5, 5.41) is 0. The lowest BCUT2D eigenvalue weighted by atomic mass is 10.1. The summed E-state index contributed by atoms with van der Waals surface area (Å²) >= 11 is 0. The average Bonchev–Trinajstić information content (AvgIpc) is 2.48. The molecule has 7 heteroatoms. The van der Waals surface area contributed by atoms with Gasteiger partial charge in [0.15, 0.2) is 0 Å². The van der Waals surface area contributed by atoms with Crippen LogP contribution in [0.2, 0.25) is 0 Å². The van der Waals surface area contributed by atoms with Crippen LogP contribution in [0.5, 0.6) is 5.75 Å². The van der Waals surface area contributed by atoms with Crippen molar-refractivity contribution in [3.63, 3.8) is 0 Å². The Morgan fingerprint density at radius 2 is 1.68 bits per heavy atom. The number of carbonyl (C=O) groups is 1. The summed E-state index contributed by atoms with van der Waals surface area (Å²) in [7, 11) is -2.16. The van der Waals surface area contributed by atoms with E-state index in [0.29, 0.717) is 11.4 Å². The topological polar surface area (TPSA) is 98.5 Å². The molecule has 0 saturated heterocycles. The molecule has 22 heavy (non-hydrogen) atoms. The second kappa shape index (κ2) is 6.48. The fourth-order valence-corrected chi connectivity index (χ4v) is 2.92. The molecule has 0 atom stereocenters. The first kappa shape index (κ1) is 15.8. The summed E-state index contributed by atoms with van der Waals surface area (Å²) in [5.74, 6) is 0.140. The maximum atomic E-state index is 12.2. The summed E-state index contributed by atoms with van der Waals surface area (Å²) < 4.78 is 31.9. The van der Waals surface area contributed by atoms with E-state index >= 15 is 0 Å². The van der Waals surface area contributed by atoms with Gasteiger partial charge in [0, 0.05) is 5.69 Å². The molecule has 0 aliphatic heterocycles. The predicted octanol–water partition coefficient (Wildman–Crippen LogP) is 1.52. The molecule has 0 fully saturated rings. The van der Waals surface area contributed by atoms with E-state index in [1.54, 1.807) is 36.4 Å². The van der Waals surface area contributed by atoms with E-state index in [0.717, 1.165) is 5.56 Å². The first-order valence-corrected chi connectivity index (χ1v) is 7.93. The molecule has 0 heterocycles. The van der Waals surface area contributed by atoms with Gasteiger partial charge in [-0.2, -0.15) is 0 Å². The summed E-state index contributed by atoms with van der Waals surface area (Å²) in [6, 6.07) is 12.5. The normalized spacial score (nSPS) is 11.0. The fourth-order valence-electron chi connectivity index (χ4n) is 1.86. The molecule has 0 bridgehead atoms. The molecule has 0 spiro atoms. The largest absolute Gasteiger partial charge is 0.497 e. The number of nitrogens with two attached hydrogens (primary N) is 1. The summed E-state index contributed by atoms with van der Waals surface area (Å²) in [4.78, 5) is 11.0. The molecule has 2 rings (SSSR count). The lowest BCUT2D eigenvalue weighted by Gasteiger charge is -2.09. The molecule has 2 aromatic rings. The van der Waals surface area contributed by atoms with Gasteiger partial charge in [0.25, 0.3) is 10.0 Å². The van der Waals surface area contributed by atoms with E-state index in [1.165, 1.54) is 19.2 Å². The minimum absolute atomic E-state index is 0.117. The zero-order valence-electron chi connectivity index (χ0n) is 11.9. The van der Waals surface area contributed by atoms with Gasteiger partial charge in [0.2, 0.25) is 5.91 Å². The number of anilines is 1. The number of nitrogens with one attached hydrogen (secondary N) is 1. The highest BCUT2D eigenvalue weighted by atomic mass is 32.2. The number of benzene rings is 2. The monoisotopic (exact) mass is 320 g/mol. The number of primary amides is 1. The molecular formula is C15H16N2O4S. The maximum absolute atomic E-state index is 12.2. The van der Waals surface area contributed by atoms with Crippen LogP contribution in [0, 0.1) is 0 Å². The van der Waals surface area contributed by atoms with E-state index in [4.69, 9.17) is 10.5 Å². The van der Waals surface area contributed by atoms with Crippen LogP contribution in [-0.4, -0.2) is 21.4 Å². The van der Waals surface area contributed by atoms with E-state index in [2.05, 4.69) is 4.72 Å². The van der Waals surface area contributed by atoms with Crippen LogP contribution in [0.25, 0.3) is 0 Å². The number of ether oxygens (including phenoxy) is 1. The van der Waals surface area contributed by atoms with Crippen LogP contribution < -0.4 is 15.2 Å². The molecule has 0 aliphatic rings. The molecule has 0 radical (unpaired) electrons. The van der Waals surface area contributed by atoms with Crippen LogP contribution in [0.1, 0.15) is 5.56 Å². The van der Waals surface area contributed by atoms with Crippen LogP contribution in [0.4, 0.5) is 5.69 Å². The Morgan fingerprint density at radius 1 is 1.09 bits per heavy atom. The third-order valence-corrected chi connectivity index (χ3v) is 4.35. The molecule has 0 aromatic heterocycles. The Kier molecular flexibility index (Phi) is 4.67. The van der Waals surface area contributed by atoms with E-state index in [-0.39, 0.29) is 11.3 Å². The van der Waals surface area contributed by atoms with Crippen LogP contribution in [-0.2, 0) is 21.2 Å². The molecule has 6 nitrogen and oxygen atoms in total. The quantitative estimate of drug-likeness (QED) is 0.843. The van der Waals surface area contributed by atoms with Crippen molar-refractivity contribution in [1.29, 1.82) is 0 Å². The number of rotatable bonds is 6. The first-order chi connectivity index (χ1) is 10.4. The Bertz CT molecular complexity index is 753. The van der Waals surface area contributed by atoms with Gasteiger partial charge in [-0.3, -0.25) is 9.52 Å². The second-order valence-electron chi connectivity index (χ2n) is 4.62. The van der Waals surface area contributed by atoms with Gasteiger partial charge in [-0.05, 0) is 42.0 Å². The minimum atomic E-state index is -3.67. The molecule has 0 saturated carbocycles. The molecule has 2 aromatic carbocycles. The van der Waals surface area contributed by atoms with Crippen molar-refractivity contribution in [2.45, 2.75) is 11.3 Å².